The molecular weight excluding hydrogens is 220 g/mol. The highest BCUT2D eigenvalue weighted by atomic mass is 79.9. The topological polar surface area (TPSA) is 34.1 Å². The van der Waals surface area contributed by atoms with Gasteiger partial charge in [0.2, 0.25) is 5.88 Å². The highest BCUT2D eigenvalue weighted by Crippen LogP contribution is 2.11. The van der Waals surface area contributed by atoms with Crippen molar-refractivity contribution in [2.75, 3.05) is 20.2 Å². The van der Waals surface area contributed by atoms with E-state index in [2.05, 4.69) is 26.2 Å². The molecule has 0 radical (unpaired) electrons. The van der Waals surface area contributed by atoms with Crippen molar-refractivity contribution in [2.24, 2.45) is 0 Å². The normalized spacial score (nSPS) is 9.83. The van der Waals surface area contributed by atoms with Gasteiger partial charge >= 0.3 is 0 Å². The van der Waals surface area contributed by atoms with Crippen molar-refractivity contribution in [3.8, 4) is 5.88 Å². The largest absolute Gasteiger partial charge is 0.476 e. The number of halogens is 1. The second-order valence-electron chi connectivity index (χ2n) is 2.25. The van der Waals surface area contributed by atoms with Crippen LogP contribution in [0.15, 0.2) is 22.8 Å². The molecule has 0 fully saturated rings. The predicted molar refractivity (Wildman–Crippen MR) is 51.4 cm³/mol. The van der Waals surface area contributed by atoms with E-state index in [9.17, 15) is 0 Å². The maximum atomic E-state index is 5.32. The van der Waals surface area contributed by atoms with Gasteiger partial charge in [-0.2, -0.15) is 0 Å². The number of likely N-dealkylation sites (N-methyl/N-ethyl adjacent to an activating group) is 1. The average molecular weight is 231 g/mol. The van der Waals surface area contributed by atoms with E-state index in [1.54, 1.807) is 0 Å². The first-order valence-electron chi connectivity index (χ1n) is 3.73. The Morgan fingerprint density at radius 3 is 3.08 bits per heavy atom. The van der Waals surface area contributed by atoms with Crippen molar-refractivity contribution in [1.29, 1.82) is 0 Å². The molecule has 1 rings (SSSR count). The minimum atomic E-state index is 0.639. The second-order valence-corrected chi connectivity index (χ2v) is 3.06. The van der Waals surface area contributed by atoms with Crippen LogP contribution in [0.2, 0.25) is 0 Å². The summed E-state index contributed by atoms with van der Waals surface area (Å²) in [5, 5.41) is 2.99. The molecule has 0 amide bonds. The van der Waals surface area contributed by atoms with Crippen molar-refractivity contribution < 1.29 is 4.74 Å². The lowest BCUT2D eigenvalue weighted by Gasteiger charge is -2.03. The Kier molecular flexibility index (Phi) is 4.04. The Balaban J connectivity index is 2.41. The van der Waals surface area contributed by atoms with Gasteiger partial charge in [0.15, 0.2) is 0 Å². The Hall–Kier alpha value is -0.610. The molecule has 66 valence electrons. The molecule has 0 aliphatic heterocycles. The van der Waals surface area contributed by atoms with Gasteiger partial charge in [0.1, 0.15) is 11.2 Å². The highest BCUT2D eigenvalue weighted by molar-refractivity contribution is 9.10. The molecular formula is C8H11BrN2O. The molecule has 1 aromatic heterocycles. The van der Waals surface area contributed by atoms with Crippen LogP contribution in [0.3, 0.4) is 0 Å². The molecule has 4 heteroatoms. The van der Waals surface area contributed by atoms with E-state index >= 15 is 0 Å². The molecule has 1 aromatic rings. The number of ether oxygens (including phenoxy) is 1. The average Bonchev–Trinajstić information content (AvgIpc) is 2.05. The first-order valence-corrected chi connectivity index (χ1v) is 4.52. The number of pyridine rings is 1. The lowest BCUT2D eigenvalue weighted by atomic mass is 10.5. The lowest BCUT2D eigenvalue weighted by molar-refractivity contribution is 0.306. The molecule has 0 aliphatic rings. The van der Waals surface area contributed by atoms with Gasteiger partial charge in [0.05, 0.1) is 0 Å². The first-order chi connectivity index (χ1) is 5.83. The molecule has 12 heavy (non-hydrogen) atoms. The summed E-state index contributed by atoms with van der Waals surface area (Å²) in [7, 11) is 1.89. The van der Waals surface area contributed by atoms with Crippen molar-refractivity contribution >= 4 is 15.9 Å². The number of aromatic nitrogens is 1. The van der Waals surface area contributed by atoms with Gasteiger partial charge in [-0.05, 0) is 29.0 Å². The number of hydrogen-bond acceptors (Lipinski definition) is 3. The monoisotopic (exact) mass is 230 g/mol. The predicted octanol–water partition coefficient (Wildman–Crippen LogP) is 1.44. The van der Waals surface area contributed by atoms with Gasteiger partial charge in [0, 0.05) is 12.6 Å². The maximum absolute atomic E-state index is 5.32. The van der Waals surface area contributed by atoms with Crippen LogP contribution >= 0.6 is 15.9 Å². The molecule has 1 N–H and O–H groups in total. The van der Waals surface area contributed by atoms with Crippen LogP contribution in [0, 0.1) is 0 Å². The molecule has 1 heterocycles. The third kappa shape index (κ3) is 3.19. The minimum absolute atomic E-state index is 0.639. The minimum Gasteiger partial charge on any atom is -0.476 e. The Bertz CT molecular complexity index is 242. The molecule has 0 unspecified atom stereocenters. The quantitative estimate of drug-likeness (QED) is 0.628. The Morgan fingerprint density at radius 2 is 2.42 bits per heavy atom. The second kappa shape index (κ2) is 5.11. The van der Waals surface area contributed by atoms with E-state index in [0.717, 1.165) is 11.1 Å². The molecule has 0 aliphatic carbocycles. The van der Waals surface area contributed by atoms with Crippen LogP contribution in [0.4, 0.5) is 0 Å². The molecule has 0 spiro atoms. The SMILES string of the molecule is CNCCOc1cccc(Br)n1. The zero-order chi connectivity index (χ0) is 8.81. The van der Waals surface area contributed by atoms with E-state index in [4.69, 9.17) is 4.74 Å². The number of rotatable bonds is 4. The molecule has 0 atom stereocenters. The van der Waals surface area contributed by atoms with Crippen molar-refractivity contribution in [3.63, 3.8) is 0 Å². The van der Waals surface area contributed by atoms with Crippen LogP contribution in [-0.4, -0.2) is 25.2 Å². The number of nitrogens with zero attached hydrogens (tertiary/aromatic N) is 1. The summed E-state index contributed by atoms with van der Waals surface area (Å²) >= 11 is 3.26. The van der Waals surface area contributed by atoms with Crippen molar-refractivity contribution in [3.05, 3.63) is 22.8 Å². The van der Waals surface area contributed by atoms with E-state index in [-0.39, 0.29) is 0 Å². The van der Waals surface area contributed by atoms with Gasteiger partial charge < -0.3 is 10.1 Å². The Morgan fingerprint density at radius 1 is 1.58 bits per heavy atom. The fraction of sp³-hybridized carbons (Fsp3) is 0.375. The van der Waals surface area contributed by atoms with Crippen LogP contribution in [0.1, 0.15) is 0 Å². The zero-order valence-corrected chi connectivity index (χ0v) is 8.47. The zero-order valence-electron chi connectivity index (χ0n) is 6.88. The highest BCUT2D eigenvalue weighted by Gasteiger charge is 1.94. The van der Waals surface area contributed by atoms with Gasteiger partial charge in [-0.1, -0.05) is 6.07 Å². The summed E-state index contributed by atoms with van der Waals surface area (Å²) in [6.45, 7) is 1.47. The third-order valence-corrected chi connectivity index (χ3v) is 1.73. The first kappa shape index (κ1) is 9.48. The molecule has 0 saturated heterocycles. The summed E-state index contributed by atoms with van der Waals surface area (Å²) in [5.74, 6) is 0.652. The molecule has 0 bridgehead atoms. The van der Waals surface area contributed by atoms with E-state index in [1.165, 1.54) is 0 Å². The van der Waals surface area contributed by atoms with Gasteiger partial charge in [-0.3, -0.25) is 0 Å². The van der Waals surface area contributed by atoms with Crippen LogP contribution in [0.5, 0.6) is 5.88 Å². The van der Waals surface area contributed by atoms with Crippen LogP contribution < -0.4 is 10.1 Å². The summed E-state index contributed by atoms with van der Waals surface area (Å²) in [6, 6.07) is 5.59. The summed E-state index contributed by atoms with van der Waals surface area (Å²) in [6.07, 6.45) is 0. The number of nitrogens with one attached hydrogen (secondary N) is 1. The van der Waals surface area contributed by atoms with Crippen LogP contribution in [0.25, 0.3) is 0 Å². The lowest BCUT2D eigenvalue weighted by Crippen LogP contribution is -2.16. The fourth-order valence-electron chi connectivity index (χ4n) is 0.728. The van der Waals surface area contributed by atoms with E-state index < -0.39 is 0 Å². The van der Waals surface area contributed by atoms with E-state index in [0.29, 0.717) is 12.5 Å². The smallest absolute Gasteiger partial charge is 0.214 e. The van der Waals surface area contributed by atoms with Crippen LogP contribution in [-0.2, 0) is 0 Å². The number of hydrogen-bond donors (Lipinski definition) is 1. The van der Waals surface area contributed by atoms with Gasteiger partial charge in [-0.25, -0.2) is 4.98 Å². The van der Waals surface area contributed by atoms with Crippen molar-refractivity contribution in [1.82, 2.24) is 10.3 Å². The third-order valence-electron chi connectivity index (χ3n) is 1.29. The molecule has 3 nitrogen and oxygen atoms in total. The summed E-state index contributed by atoms with van der Waals surface area (Å²) in [5.41, 5.74) is 0. The molecule has 0 aromatic carbocycles. The summed E-state index contributed by atoms with van der Waals surface area (Å²) in [4.78, 5) is 4.11. The molecule has 0 saturated carbocycles. The van der Waals surface area contributed by atoms with Gasteiger partial charge in [0.25, 0.3) is 0 Å². The Labute approximate surface area is 80.3 Å². The fourth-order valence-corrected chi connectivity index (χ4v) is 1.06. The van der Waals surface area contributed by atoms with Gasteiger partial charge in [-0.15, -0.1) is 0 Å². The standard InChI is InChI=1S/C8H11BrN2O/c1-10-5-6-12-8-4-2-3-7(9)11-8/h2-4,10H,5-6H2,1H3. The van der Waals surface area contributed by atoms with Crippen molar-refractivity contribution in [2.45, 2.75) is 0 Å². The van der Waals surface area contributed by atoms with E-state index in [1.807, 2.05) is 25.2 Å². The summed E-state index contributed by atoms with van der Waals surface area (Å²) < 4.78 is 6.12. The maximum Gasteiger partial charge on any atom is 0.214 e.